The highest BCUT2D eigenvalue weighted by Crippen LogP contribution is 2.90. The molecule has 5 saturated carbocycles. The van der Waals surface area contributed by atoms with Crippen LogP contribution in [0, 0.1) is 39.4 Å². The molecule has 2 heteroatoms. The van der Waals surface area contributed by atoms with Gasteiger partial charge in [-0.3, -0.25) is 9.59 Å². The third-order valence-corrected chi connectivity index (χ3v) is 11.4. The number of allylic oxidation sites excluding steroid dienone is 2. The number of carbonyl (C=O) groups excluding carboxylic acids is 2. The second-order valence-electron chi connectivity index (χ2n) is 12.5. The number of carbonyl (C=O) groups is 2. The first-order chi connectivity index (χ1) is 15.7. The molecule has 0 amide bonds. The first-order valence-electron chi connectivity index (χ1n) is 13.3. The molecule has 2 bridgehead atoms. The van der Waals surface area contributed by atoms with Crippen LogP contribution in [0.5, 0.6) is 0 Å². The Morgan fingerprint density at radius 3 is 2.00 bits per heavy atom. The van der Waals surface area contributed by atoms with Crippen LogP contribution >= 0.6 is 0 Å². The summed E-state index contributed by atoms with van der Waals surface area (Å²) in [7, 11) is 0. The van der Waals surface area contributed by atoms with E-state index >= 15 is 0 Å². The predicted molar refractivity (Wildman–Crippen MR) is 133 cm³/mol. The molecule has 5 aliphatic rings. The Morgan fingerprint density at radius 1 is 0.848 bits per heavy atom. The van der Waals surface area contributed by atoms with E-state index in [1.165, 1.54) is 6.42 Å². The lowest BCUT2D eigenvalue weighted by atomic mass is 9.66. The summed E-state index contributed by atoms with van der Waals surface area (Å²) in [5, 5.41) is 0. The van der Waals surface area contributed by atoms with Gasteiger partial charge in [-0.05, 0) is 89.5 Å². The maximum absolute atomic E-state index is 13.5. The van der Waals surface area contributed by atoms with Crippen molar-refractivity contribution in [2.24, 2.45) is 39.4 Å². The van der Waals surface area contributed by atoms with Crippen LogP contribution in [0.3, 0.4) is 0 Å². The summed E-state index contributed by atoms with van der Waals surface area (Å²) in [5.74, 6) is 2.33. The third kappa shape index (κ3) is 2.27. The van der Waals surface area contributed by atoms with Crippen LogP contribution in [0.25, 0.3) is 12.2 Å². The fraction of sp³-hybridized carbons (Fsp3) is 0.613. The Bertz CT molecular complexity index is 1120. The molecule has 0 heterocycles. The van der Waals surface area contributed by atoms with Gasteiger partial charge in [0.15, 0.2) is 11.6 Å². The molecule has 6 rings (SSSR count). The molecular formula is C31H38O2. The van der Waals surface area contributed by atoms with E-state index in [9.17, 15) is 9.59 Å². The molecule has 0 aliphatic heterocycles. The Labute approximate surface area is 198 Å². The molecular weight excluding hydrogens is 404 g/mol. The predicted octanol–water partition coefficient (Wildman–Crippen LogP) is 7.28. The van der Waals surface area contributed by atoms with Crippen molar-refractivity contribution in [3.63, 3.8) is 0 Å². The molecule has 0 radical (unpaired) electrons. The molecule has 174 valence electrons. The van der Waals surface area contributed by atoms with Crippen LogP contribution in [0.2, 0.25) is 0 Å². The van der Waals surface area contributed by atoms with Crippen molar-refractivity contribution in [1.29, 1.82) is 0 Å². The molecule has 0 N–H and O–H groups in total. The van der Waals surface area contributed by atoms with Gasteiger partial charge in [-0.15, -0.1) is 0 Å². The number of hydrogen-bond donors (Lipinski definition) is 0. The van der Waals surface area contributed by atoms with Crippen molar-refractivity contribution >= 4 is 23.7 Å². The molecule has 2 nitrogen and oxygen atoms in total. The lowest BCUT2D eigenvalue weighted by Crippen LogP contribution is -2.35. The van der Waals surface area contributed by atoms with Crippen LogP contribution in [0.1, 0.15) is 90.7 Å². The van der Waals surface area contributed by atoms with Gasteiger partial charge in [0.2, 0.25) is 0 Å². The maximum Gasteiger partial charge on any atom is 0.166 e. The zero-order valence-corrected chi connectivity index (χ0v) is 21.0. The van der Waals surface area contributed by atoms with Crippen molar-refractivity contribution in [2.45, 2.75) is 79.6 Å². The number of hydrogen-bond acceptors (Lipinski definition) is 2. The van der Waals surface area contributed by atoms with E-state index in [-0.39, 0.29) is 21.7 Å². The Morgan fingerprint density at radius 2 is 1.42 bits per heavy atom. The van der Waals surface area contributed by atoms with Crippen molar-refractivity contribution in [3.8, 4) is 0 Å². The van der Waals surface area contributed by atoms with Crippen LogP contribution in [-0.4, -0.2) is 11.6 Å². The largest absolute Gasteiger partial charge is 0.294 e. The van der Waals surface area contributed by atoms with Crippen molar-refractivity contribution < 1.29 is 9.59 Å². The second kappa shape index (κ2) is 6.58. The SMILES string of the molecule is CCCC12CCC(/C(=C\c3ccc(/C=C4/C(=O)C5(CCC)C6CC4C65C)cc3)C1=O)C2(C)C. The minimum Gasteiger partial charge on any atom is -0.294 e. The van der Waals surface area contributed by atoms with E-state index in [1.807, 2.05) is 0 Å². The molecule has 1 aromatic carbocycles. The maximum atomic E-state index is 13.5. The zero-order valence-electron chi connectivity index (χ0n) is 21.0. The number of Topliss-reactive ketones (excluding diaryl/α,β-unsaturated/α-hetero) is 2. The fourth-order valence-corrected chi connectivity index (χ4v) is 9.52. The molecule has 5 aliphatic carbocycles. The number of benzene rings is 1. The lowest BCUT2D eigenvalue weighted by Gasteiger charge is -2.35. The Kier molecular flexibility index (Phi) is 4.30. The number of fused-ring (bicyclic) bond motifs is 3. The van der Waals surface area contributed by atoms with Crippen molar-refractivity contribution in [1.82, 2.24) is 0 Å². The summed E-state index contributed by atoms with van der Waals surface area (Å²) >= 11 is 0. The topological polar surface area (TPSA) is 34.1 Å². The first kappa shape index (κ1) is 21.6. The highest BCUT2D eigenvalue weighted by atomic mass is 16.1. The van der Waals surface area contributed by atoms with E-state index < -0.39 is 0 Å². The molecule has 6 unspecified atom stereocenters. The third-order valence-electron chi connectivity index (χ3n) is 11.4. The summed E-state index contributed by atoms with van der Waals surface area (Å²) < 4.78 is 0. The summed E-state index contributed by atoms with van der Waals surface area (Å²) in [4.78, 5) is 26.9. The van der Waals surface area contributed by atoms with E-state index in [0.29, 0.717) is 29.3 Å². The molecule has 33 heavy (non-hydrogen) atoms. The normalized spacial score (nSPS) is 44.0. The second-order valence-corrected chi connectivity index (χ2v) is 12.5. The average Bonchev–Trinajstić information content (AvgIpc) is 2.91. The number of rotatable bonds is 6. The summed E-state index contributed by atoms with van der Waals surface area (Å²) in [5.41, 5.74) is 4.46. The van der Waals surface area contributed by atoms with Gasteiger partial charge in [0.25, 0.3) is 0 Å². The fourth-order valence-electron chi connectivity index (χ4n) is 9.52. The van der Waals surface area contributed by atoms with Gasteiger partial charge in [0.1, 0.15) is 0 Å². The van der Waals surface area contributed by atoms with Crippen LogP contribution in [-0.2, 0) is 9.59 Å². The minimum absolute atomic E-state index is 0.0357. The van der Waals surface area contributed by atoms with Gasteiger partial charge in [-0.2, -0.15) is 0 Å². The summed E-state index contributed by atoms with van der Waals surface area (Å²) in [6.45, 7) is 11.4. The molecule has 5 fully saturated rings. The molecule has 0 aromatic heterocycles. The van der Waals surface area contributed by atoms with Crippen LogP contribution < -0.4 is 0 Å². The van der Waals surface area contributed by atoms with Crippen molar-refractivity contribution in [2.75, 3.05) is 0 Å². The Balaban J connectivity index is 1.26. The average molecular weight is 443 g/mol. The zero-order chi connectivity index (χ0) is 23.4. The van der Waals surface area contributed by atoms with Gasteiger partial charge in [-0.1, -0.05) is 71.7 Å². The smallest absolute Gasteiger partial charge is 0.166 e. The van der Waals surface area contributed by atoms with E-state index in [4.69, 9.17) is 0 Å². The standard InChI is InChI=1S/C31H38O2/c1-6-13-30-15-12-23(28(30,3)4)21(26(30)32)16-19-8-10-20(11-9-19)17-22-24-18-25-29(24,5)31(25,14-7-2)27(22)33/h8-11,16-17,23-25H,6-7,12-15,18H2,1-5H3/b21-16+,22-17+. The van der Waals surface area contributed by atoms with Gasteiger partial charge in [-0.25, -0.2) is 0 Å². The van der Waals surface area contributed by atoms with Gasteiger partial charge in [0.05, 0.1) is 0 Å². The molecule has 6 atom stereocenters. The van der Waals surface area contributed by atoms with Crippen LogP contribution in [0.4, 0.5) is 0 Å². The van der Waals surface area contributed by atoms with Gasteiger partial charge < -0.3 is 0 Å². The van der Waals surface area contributed by atoms with E-state index in [2.05, 4.69) is 71.0 Å². The van der Waals surface area contributed by atoms with E-state index in [1.54, 1.807) is 0 Å². The molecule has 0 spiro atoms. The quantitative estimate of drug-likeness (QED) is 0.434. The summed E-state index contributed by atoms with van der Waals surface area (Å²) in [6.07, 6.45) is 11.9. The lowest BCUT2D eigenvalue weighted by molar-refractivity contribution is -0.127. The number of ketones is 2. The van der Waals surface area contributed by atoms with Crippen LogP contribution in [0.15, 0.2) is 35.4 Å². The monoisotopic (exact) mass is 442 g/mol. The van der Waals surface area contributed by atoms with Gasteiger partial charge >= 0.3 is 0 Å². The molecule has 1 aromatic rings. The Hall–Kier alpha value is -1.96. The minimum atomic E-state index is -0.155. The first-order valence-corrected chi connectivity index (χ1v) is 13.3. The highest BCUT2D eigenvalue weighted by molar-refractivity contribution is 6.12. The van der Waals surface area contributed by atoms with Crippen molar-refractivity contribution in [3.05, 3.63) is 46.5 Å². The van der Waals surface area contributed by atoms with E-state index in [0.717, 1.165) is 60.8 Å². The highest BCUT2D eigenvalue weighted by Gasteiger charge is 2.89. The van der Waals surface area contributed by atoms with Gasteiger partial charge in [0, 0.05) is 16.4 Å². The molecule has 0 saturated heterocycles. The summed E-state index contributed by atoms with van der Waals surface area (Å²) in [6, 6.07) is 8.52.